The van der Waals surface area contributed by atoms with Gasteiger partial charge in [-0.1, -0.05) is 32.0 Å². The first-order valence-corrected chi connectivity index (χ1v) is 10.7. The summed E-state index contributed by atoms with van der Waals surface area (Å²) in [5.41, 5.74) is 0.764. The highest BCUT2D eigenvalue weighted by Gasteiger charge is 2.43. The number of likely N-dealkylation sites (tertiary alicyclic amines) is 1. The Balaban J connectivity index is 1.73. The van der Waals surface area contributed by atoms with Gasteiger partial charge in [0, 0.05) is 39.8 Å². The van der Waals surface area contributed by atoms with Gasteiger partial charge in [0.1, 0.15) is 0 Å². The number of benzene rings is 1. The molecule has 0 amide bonds. The zero-order chi connectivity index (χ0) is 18.8. The van der Waals surface area contributed by atoms with Gasteiger partial charge < -0.3 is 9.47 Å². The van der Waals surface area contributed by atoms with Gasteiger partial charge in [-0.15, -0.1) is 0 Å². The number of methoxy groups -OCH3 is 1. The third kappa shape index (κ3) is 4.12. The Hall–Kier alpha value is -0.990. The van der Waals surface area contributed by atoms with Gasteiger partial charge in [-0.2, -0.15) is 4.31 Å². The van der Waals surface area contributed by atoms with Crippen molar-refractivity contribution in [3.8, 4) is 0 Å². The van der Waals surface area contributed by atoms with Crippen molar-refractivity contribution < 1.29 is 17.9 Å². The highest BCUT2D eigenvalue weighted by atomic mass is 32.2. The van der Waals surface area contributed by atoms with Crippen LogP contribution in [0.15, 0.2) is 29.2 Å². The first-order chi connectivity index (χ1) is 12.4. The number of morpholine rings is 1. The molecule has 0 unspecified atom stereocenters. The zero-order valence-corrected chi connectivity index (χ0v) is 16.8. The molecule has 0 N–H and O–H groups in total. The predicted octanol–water partition coefficient (Wildman–Crippen LogP) is 1.95. The molecular formula is C19H30N2O4S. The molecule has 0 bridgehead atoms. The molecule has 2 fully saturated rings. The minimum absolute atomic E-state index is 0.0911. The molecule has 1 aromatic rings. The van der Waals surface area contributed by atoms with Crippen molar-refractivity contribution in [1.82, 2.24) is 9.21 Å². The summed E-state index contributed by atoms with van der Waals surface area (Å²) < 4.78 is 38.7. The molecule has 26 heavy (non-hydrogen) atoms. The van der Waals surface area contributed by atoms with Gasteiger partial charge in [-0.05, 0) is 24.0 Å². The Kier molecular flexibility index (Phi) is 6.04. The maximum absolute atomic E-state index is 13.1. The Morgan fingerprint density at radius 1 is 1.19 bits per heavy atom. The summed E-state index contributed by atoms with van der Waals surface area (Å²) in [7, 11) is -1.71. The molecule has 2 heterocycles. The second-order valence-corrected chi connectivity index (χ2v) is 9.66. The second kappa shape index (κ2) is 7.94. The standard InChI is InChI=1S/C19H30N2O4S/c1-16(2)12-19(24-3)14-20(15-19)13-17-6-4-5-7-18(17)26(22,23)21-8-10-25-11-9-21/h4-7,16H,8-15H2,1-3H3. The van der Waals surface area contributed by atoms with Gasteiger partial charge >= 0.3 is 0 Å². The minimum atomic E-state index is -3.48. The van der Waals surface area contributed by atoms with Crippen LogP contribution < -0.4 is 0 Å². The van der Waals surface area contributed by atoms with Crippen molar-refractivity contribution in [3.63, 3.8) is 0 Å². The summed E-state index contributed by atoms with van der Waals surface area (Å²) in [6, 6.07) is 7.34. The van der Waals surface area contributed by atoms with E-state index in [4.69, 9.17) is 9.47 Å². The predicted molar refractivity (Wildman–Crippen MR) is 100 cm³/mol. The van der Waals surface area contributed by atoms with Gasteiger partial charge in [0.05, 0.1) is 23.7 Å². The van der Waals surface area contributed by atoms with Crippen LogP contribution in [-0.2, 0) is 26.0 Å². The molecule has 0 saturated carbocycles. The lowest BCUT2D eigenvalue weighted by Gasteiger charge is -2.50. The van der Waals surface area contributed by atoms with E-state index in [9.17, 15) is 8.42 Å². The summed E-state index contributed by atoms with van der Waals surface area (Å²) in [5, 5.41) is 0. The summed E-state index contributed by atoms with van der Waals surface area (Å²) in [6.07, 6.45) is 1.02. The number of hydrogen-bond donors (Lipinski definition) is 0. The lowest BCUT2D eigenvalue weighted by atomic mass is 9.85. The van der Waals surface area contributed by atoms with E-state index in [-0.39, 0.29) is 5.60 Å². The first kappa shape index (κ1) is 19.8. The van der Waals surface area contributed by atoms with Crippen LogP contribution in [0.5, 0.6) is 0 Å². The number of nitrogens with zero attached hydrogens (tertiary/aromatic N) is 2. The number of sulfonamides is 1. The fourth-order valence-corrected chi connectivity index (χ4v) is 5.64. The van der Waals surface area contributed by atoms with Crippen molar-refractivity contribution in [2.75, 3.05) is 46.5 Å². The van der Waals surface area contributed by atoms with E-state index in [1.165, 1.54) is 4.31 Å². The smallest absolute Gasteiger partial charge is 0.243 e. The summed E-state index contributed by atoms with van der Waals surface area (Å²) in [6.45, 7) is 8.47. The normalized spacial score (nSPS) is 21.7. The SMILES string of the molecule is COC1(CC(C)C)CN(Cc2ccccc2S(=O)(=O)N2CCOCC2)C1. The Morgan fingerprint density at radius 3 is 2.46 bits per heavy atom. The van der Waals surface area contributed by atoms with Crippen LogP contribution in [0.25, 0.3) is 0 Å². The van der Waals surface area contributed by atoms with Crippen LogP contribution in [0, 0.1) is 5.92 Å². The van der Waals surface area contributed by atoms with E-state index < -0.39 is 10.0 Å². The Bertz CT molecular complexity index is 708. The lowest BCUT2D eigenvalue weighted by Crippen LogP contribution is -2.62. The molecule has 146 valence electrons. The van der Waals surface area contributed by atoms with Gasteiger partial charge in [0.15, 0.2) is 0 Å². The molecule has 3 rings (SSSR count). The van der Waals surface area contributed by atoms with Crippen molar-refractivity contribution in [3.05, 3.63) is 29.8 Å². The van der Waals surface area contributed by atoms with Gasteiger partial charge in [0.25, 0.3) is 0 Å². The van der Waals surface area contributed by atoms with Crippen LogP contribution >= 0.6 is 0 Å². The largest absolute Gasteiger partial charge is 0.379 e. The van der Waals surface area contributed by atoms with E-state index >= 15 is 0 Å². The first-order valence-electron chi connectivity index (χ1n) is 9.30. The molecule has 0 atom stereocenters. The number of hydrogen-bond acceptors (Lipinski definition) is 5. The molecule has 6 nitrogen and oxygen atoms in total. The summed E-state index contributed by atoms with van der Waals surface area (Å²) in [5.74, 6) is 0.575. The molecule has 7 heteroatoms. The van der Waals surface area contributed by atoms with Crippen molar-refractivity contribution >= 4 is 10.0 Å². The third-order valence-electron chi connectivity index (χ3n) is 5.19. The van der Waals surface area contributed by atoms with E-state index in [2.05, 4.69) is 18.7 Å². The average Bonchev–Trinajstić information content (AvgIpc) is 2.60. The van der Waals surface area contributed by atoms with E-state index in [0.29, 0.717) is 43.7 Å². The molecule has 0 aliphatic carbocycles. The number of ether oxygens (including phenoxy) is 2. The number of rotatable bonds is 7. The maximum Gasteiger partial charge on any atom is 0.243 e. The van der Waals surface area contributed by atoms with E-state index in [1.807, 2.05) is 12.1 Å². The monoisotopic (exact) mass is 382 g/mol. The molecule has 1 aromatic carbocycles. The van der Waals surface area contributed by atoms with E-state index in [1.54, 1.807) is 19.2 Å². The average molecular weight is 383 g/mol. The van der Waals surface area contributed by atoms with Crippen LogP contribution in [-0.4, -0.2) is 69.7 Å². The van der Waals surface area contributed by atoms with Crippen molar-refractivity contribution in [2.45, 2.75) is 37.3 Å². The molecule has 2 aliphatic rings. The van der Waals surface area contributed by atoms with E-state index in [0.717, 1.165) is 25.1 Å². The second-order valence-electron chi connectivity index (χ2n) is 7.75. The summed E-state index contributed by atoms with van der Waals surface area (Å²) >= 11 is 0. The summed E-state index contributed by atoms with van der Waals surface area (Å²) in [4.78, 5) is 2.68. The molecule has 0 aromatic heterocycles. The highest BCUT2D eigenvalue weighted by Crippen LogP contribution is 2.33. The molecule has 2 saturated heterocycles. The van der Waals surface area contributed by atoms with Gasteiger partial charge in [-0.25, -0.2) is 8.42 Å². The molecular weight excluding hydrogens is 352 g/mol. The topological polar surface area (TPSA) is 59.1 Å². The molecule has 0 spiro atoms. The van der Waals surface area contributed by atoms with Gasteiger partial charge in [-0.3, -0.25) is 4.90 Å². The van der Waals surface area contributed by atoms with Crippen molar-refractivity contribution in [2.24, 2.45) is 5.92 Å². The molecule has 0 radical (unpaired) electrons. The van der Waals surface area contributed by atoms with Crippen LogP contribution in [0.1, 0.15) is 25.8 Å². The third-order valence-corrected chi connectivity index (χ3v) is 7.19. The fraction of sp³-hybridized carbons (Fsp3) is 0.684. The maximum atomic E-state index is 13.1. The van der Waals surface area contributed by atoms with Gasteiger partial charge in [0.2, 0.25) is 10.0 Å². The highest BCUT2D eigenvalue weighted by molar-refractivity contribution is 7.89. The zero-order valence-electron chi connectivity index (χ0n) is 16.0. The van der Waals surface area contributed by atoms with Crippen LogP contribution in [0.3, 0.4) is 0 Å². The lowest BCUT2D eigenvalue weighted by molar-refractivity contribution is -0.137. The minimum Gasteiger partial charge on any atom is -0.379 e. The van der Waals surface area contributed by atoms with Crippen LogP contribution in [0.2, 0.25) is 0 Å². The van der Waals surface area contributed by atoms with Crippen molar-refractivity contribution in [1.29, 1.82) is 0 Å². The Labute approximate surface area is 157 Å². The fourth-order valence-electron chi connectivity index (χ4n) is 4.02. The molecule has 2 aliphatic heterocycles. The Morgan fingerprint density at radius 2 is 1.85 bits per heavy atom. The van der Waals surface area contributed by atoms with Crippen LogP contribution in [0.4, 0.5) is 0 Å². The quantitative estimate of drug-likeness (QED) is 0.721.